The topological polar surface area (TPSA) is 81.4 Å². The van der Waals surface area contributed by atoms with Crippen molar-refractivity contribution in [2.45, 2.75) is 51.1 Å². The maximum Gasteiger partial charge on any atom is 0.251 e. The van der Waals surface area contributed by atoms with Gasteiger partial charge in [-0.3, -0.25) is 14.3 Å². The van der Waals surface area contributed by atoms with Crippen molar-refractivity contribution in [3.63, 3.8) is 0 Å². The summed E-state index contributed by atoms with van der Waals surface area (Å²) < 4.78 is 9.47. The summed E-state index contributed by atoms with van der Waals surface area (Å²) >= 11 is 0. The second kappa shape index (κ2) is 12.1. The lowest BCUT2D eigenvalue weighted by molar-refractivity contribution is -0.135. The first kappa shape index (κ1) is 26.3. The molecule has 4 aromatic rings. The number of carbonyl (C=O) groups excluding carboxylic acids is 2. The molecule has 1 saturated carbocycles. The first-order valence-electron chi connectivity index (χ1n) is 14.5. The van der Waals surface area contributed by atoms with Crippen molar-refractivity contribution < 1.29 is 14.3 Å². The number of aromatic nitrogens is 3. The minimum absolute atomic E-state index is 0.0849. The Bertz CT molecular complexity index is 1450. The summed E-state index contributed by atoms with van der Waals surface area (Å²) in [6, 6.07) is 18.3. The van der Waals surface area contributed by atoms with E-state index in [-0.39, 0.29) is 18.4 Å². The van der Waals surface area contributed by atoms with E-state index in [9.17, 15) is 9.59 Å². The molecule has 40 heavy (non-hydrogen) atoms. The van der Waals surface area contributed by atoms with Crippen LogP contribution in [0.15, 0.2) is 67.0 Å². The maximum absolute atomic E-state index is 13.6. The van der Waals surface area contributed by atoms with Crippen LogP contribution in [0.3, 0.4) is 0 Å². The molecule has 208 valence electrons. The Morgan fingerprint density at radius 3 is 2.52 bits per heavy atom. The number of rotatable bonds is 8. The third-order valence-electron chi connectivity index (χ3n) is 8.27. The van der Waals surface area contributed by atoms with Gasteiger partial charge in [0.25, 0.3) is 5.91 Å². The number of nitrogens with one attached hydrogen (secondary N) is 1. The fourth-order valence-corrected chi connectivity index (χ4v) is 6.26. The van der Waals surface area contributed by atoms with Crippen molar-refractivity contribution in [2.75, 3.05) is 32.8 Å². The monoisotopic (exact) mass is 539 g/mol. The van der Waals surface area contributed by atoms with E-state index < -0.39 is 0 Å². The molecular formula is C32H37N5O3. The largest absolute Gasteiger partial charge is 0.378 e. The van der Waals surface area contributed by atoms with Gasteiger partial charge in [-0.25, -0.2) is 0 Å². The van der Waals surface area contributed by atoms with E-state index in [1.807, 2.05) is 35.4 Å². The van der Waals surface area contributed by atoms with Gasteiger partial charge in [0.05, 0.1) is 31.0 Å². The van der Waals surface area contributed by atoms with E-state index >= 15 is 0 Å². The molecule has 1 aliphatic heterocycles. The van der Waals surface area contributed by atoms with Gasteiger partial charge in [0.2, 0.25) is 5.91 Å². The standard InChI is InChI=1S/C32H37N5O3/c38-29(35-18-20-40-21-19-35)23-37-28-22-26(32(39)33-15-17-36-16-7-14-34-36)12-13-27(28)30(24-8-3-1-4-9-24)31(37)25-10-5-2-6-11-25/h2,5-7,10-14,16,22,24H,1,3-4,8-9,15,17-21,23H2,(H,33,39). The summed E-state index contributed by atoms with van der Waals surface area (Å²) in [5.74, 6) is 0.392. The molecule has 1 saturated heterocycles. The Hall–Kier alpha value is -3.91. The van der Waals surface area contributed by atoms with Crippen molar-refractivity contribution in [2.24, 2.45) is 0 Å². The molecule has 1 aliphatic carbocycles. The van der Waals surface area contributed by atoms with E-state index in [2.05, 4.69) is 45.3 Å². The molecule has 0 unspecified atom stereocenters. The Morgan fingerprint density at radius 2 is 1.77 bits per heavy atom. The predicted molar refractivity (Wildman–Crippen MR) is 155 cm³/mol. The van der Waals surface area contributed by atoms with E-state index in [4.69, 9.17) is 4.74 Å². The fraction of sp³-hybridized carbons (Fsp3) is 0.406. The number of nitrogens with zero attached hydrogens (tertiary/aromatic N) is 4. The number of benzene rings is 2. The van der Waals surface area contributed by atoms with E-state index in [1.54, 1.807) is 10.9 Å². The summed E-state index contributed by atoms with van der Waals surface area (Å²) in [4.78, 5) is 28.7. The molecule has 0 atom stereocenters. The van der Waals surface area contributed by atoms with E-state index in [0.717, 1.165) is 35.0 Å². The average Bonchev–Trinajstić information content (AvgIpc) is 3.64. The maximum atomic E-state index is 13.6. The molecule has 2 amide bonds. The third kappa shape index (κ3) is 5.54. The summed E-state index contributed by atoms with van der Waals surface area (Å²) in [5.41, 5.74) is 5.09. The quantitative estimate of drug-likeness (QED) is 0.347. The molecule has 2 aliphatic rings. The van der Waals surface area contributed by atoms with Gasteiger partial charge in [0.15, 0.2) is 0 Å². The predicted octanol–water partition coefficient (Wildman–Crippen LogP) is 4.84. The van der Waals surface area contributed by atoms with Crippen LogP contribution in [0.2, 0.25) is 0 Å². The molecule has 2 fully saturated rings. The zero-order valence-electron chi connectivity index (χ0n) is 22.9. The lowest BCUT2D eigenvalue weighted by atomic mass is 9.82. The molecule has 0 radical (unpaired) electrons. The minimum Gasteiger partial charge on any atom is -0.378 e. The Balaban J connectivity index is 1.42. The average molecular weight is 540 g/mol. The van der Waals surface area contributed by atoms with Gasteiger partial charge < -0.3 is 19.5 Å². The van der Waals surface area contributed by atoms with Crippen molar-refractivity contribution in [3.05, 3.63) is 78.1 Å². The van der Waals surface area contributed by atoms with Crippen LogP contribution in [0.5, 0.6) is 0 Å². The third-order valence-corrected chi connectivity index (χ3v) is 8.27. The van der Waals surface area contributed by atoms with Gasteiger partial charge in [0, 0.05) is 43.0 Å². The smallest absolute Gasteiger partial charge is 0.251 e. The van der Waals surface area contributed by atoms with E-state index in [1.165, 1.54) is 24.8 Å². The Labute approximate surface area is 234 Å². The SMILES string of the molecule is O=C(NCCn1cccn1)c1ccc2c(C3CCCCC3)c(-c3ccccc3)n(CC(=O)N3CCOCC3)c2c1. The Kier molecular flexibility index (Phi) is 7.95. The summed E-state index contributed by atoms with van der Waals surface area (Å²) in [6.07, 6.45) is 9.61. The van der Waals surface area contributed by atoms with Crippen LogP contribution < -0.4 is 5.32 Å². The Morgan fingerprint density at radius 1 is 0.975 bits per heavy atom. The molecule has 3 heterocycles. The van der Waals surface area contributed by atoms with Crippen molar-refractivity contribution in [1.29, 1.82) is 0 Å². The molecule has 0 bridgehead atoms. The number of morpholine rings is 1. The molecule has 0 spiro atoms. The van der Waals surface area contributed by atoms with Crippen LogP contribution in [-0.4, -0.2) is 63.9 Å². The molecule has 6 rings (SSSR count). The van der Waals surface area contributed by atoms with Gasteiger partial charge >= 0.3 is 0 Å². The number of fused-ring (bicyclic) bond motifs is 1. The fourth-order valence-electron chi connectivity index (χ4n) is 6.26. The van der Waals surface area contributed by atoms with Gasteiger partial charge in [-0.2, -0.15) is 5.10 Å². The normalized spacial score (nSPS) is 16.4. The number of carbonyl (C=O) groups is 2. The van der Waals surface area contributed by atoms with Gasteiger partial charge in [0.1, 0.15) is 6.54 Å². The number of hydrogen-bond acceptors (Lipinski definition) is 4. The van der Waals surface area contributed by atoms with Crippen molar-refractivity contribution in [1.82, 2.24) is 24.6 Å². The lowest BCUT2D eigenvalue weighted by Crippen LogP contribution is -2.42. The van der Waals surface area contributed by atoms with Crippen LogP contribution in [0, 0.1) is 0 Å². The summed E-state index contributed by atoms with van der Waals surface area (Å²) in [7, 11) is 0. The summed E-state index contributed by atoms with van der Waals surface area (Å²) in [5, 5.41) is 8.39. The minimum atomic E-state index is -0.123. The highest BCUT2D eigenvalue weighted by Crippen LogP contribution is 2.44. The second-order valence-corrected chi connectivity index (χ2v) is 10.8. The highest BCUT2D eigenvalue weighted by molar-refractivity contribution is 6.01. The molecule has 2 aromatic heterocycles. The summed E-state index contributed by atoms with van der Waals surface area (Å²) in [6.45, 7) is 3.68. The molecular weight excluding hydrogens is 502 g/mol. The number of hydrogen-bond donors (Lipinski definition) is 1. The lowest BCUT2D eigenvalue weighted by Gasteiger charge is -2.28. The zero-order chi connectivity index (χ0) is 27.3. The first-order valence-corrected chi connectivity index (χ1v) is 14.5. The first-order chi connectivity index (χ1) is 19.7. The van der Waals surface area contributed by atoms with Crippen molar-refractivity contribution in [3.8, 4) is 11.3 Å². The van der Waals surface area contributed by atoms with Crippen LogP contribution >= 0.6 is 0 Å². The van der Waals surface area contributed by atoms with Gasteiger partial charge in [-0.05, 0) is 48.1 Å². The molecule has 8 nitrogen and oxygen atoms in total. The van der Waals surface area contributed by atoms with Crippen LogP contribution in [0.4, 0.5) is 0 Å². The molecule has 1 N–H and O–H groups in total. The molecule has 8 heteroatoms. The number of ether oxygens (including phenoxy) is 1. The number of amides is 2. The van der Waals surface area contributed by atoms with Gasteiger partial charge in [-0.1, -0.05) is 55.7 Å². The van der Waals surface area contributed by atoms with Crippen LogP contribution in [0.25, 0.3) is 22.2 Å². The van der Waals surface area contributed by atoms with Crippen LogP contribution in [-0.2, 0) is 22.6 Å². The second-order valence-electron chi connectivity index (χ2n) is 10.8. The zero-order valence-corrected chi connectivity index (χ0v) is 22.9. The van der Waals surface area contributed by atoms with Crippen molar-refractivity contribution >= 4 is 22.7 Å². The van der Waals surface area contributed by atoms with E-state index in [0.29, 0.717) is 50.9 Å². The molecule has 2 aromatic carbocycles. The highest BCUT2D eigenvalue weighted by Gasteiger charge is 2.28. The van der Waals surface area contributed by atoms with Crippen LogP contribution in [0.1, 0.15) is 53.9 Å². The highest BCUT2D eigenvalue weighted by atomic mass is 16.5. The van der Waals surface area contributed by atoms with Gasteiger partial charge in [-0.15, -0.1) is 0 Å².